The highest BCUT2D eigenvalue weighted by molar-refractivity contribution is 5.91. The van der Waals surface area contributed by atoms with E-state index in [-0.39, 0.29) is 19.0 Å². The van der Waals surface area contributed by atoms with E-state index in [0.29, 0.717) is 42.5 Å². The standard InChI is InChI=1S/C22H24FNO5/c1-28-20(26)19-6-3-2-5-16(19)15-24-13-12-22(11-4-14-25,29-21(24)27)17-7-9-18(23)10-8-17/h2-3,5-10,25H,4,11-15H2,1H3. The Labute approximate surface area is 168 Å². The van der Waals surface area contributed by atoms with Crippen molar-refractivity contribution in [3.05, 3.63) is 71.0 Å². The molecule has 154 valence electrons. The number of benzene rings is 2. The number of methoxy groups -OCH3 is 1. The van der Waals surface area contributed by atoms with Crippen molar-refractivity contribution in [1.82, 2.24) is 4.90 Å². The van der Waals surface area contributed by atoms with Gasteiger partial charge in [-0.1, -0.05) is 30.3 Å². The summed E-state index contributed by atoms with van der Waals surface area (Å²) in [7, 11) is 1.31. The third kappa shape index (κ3) is 4.56. The van der Waals surface area contributed by atoms with Gasteiger partial charge in [0.15, 0.2) is 0 Å². The van der Waals surface area contributed by atoms with Crippen molar-refractivity contribution in [1.29, 1.82) is 0 Å². The number of rotatable bonds is 7. The molecule has 7 heteroatoms. The Balaban J connectivity index is 1.80. The molecule has 2 aromatic rings. The van der Waals surface area contributed by atoms with Crippen LogP contribution >= 0.6 is 0 Å². The van der Waals surface area contributed by atoms with E-state index in [4.69, 9.17) is 9.47 Å². The summed E-state index contributed by atoms with van der Waals surface area (Å²) in [5.74, 6) is -0.830. The molecule has 29 heavy (non-hydrogen) atoms. The predicted molar refractivity (Wildman–Crippen MR) is 104 cm³/mol. The summed E-state index contributed by atoms with van der Waals surface area (Å²) < 4.78 is 24.0. The lowest BCUT2D eigenvalue weighted by Crippen LogP contribution is -2.47. The largest absolute Gasteiger partial charge is 0.465 e. The Morgan fingerprint density at radius 2 is 1.97 bits per heavy atom. The number of hydrogen-bond acceptors (Lipinski definition) is 5. The van der Waals surface area contributed by atoms with Gasteiger partial charge in [0.05, 0.1) is 12.7 Å². The van der Waals surface area contributed by atoms with Gasteiger partial charge >= 0.3 is 12.1 Å². The first-order chi connectivity index (χ1) is 14.0. The van der Waals surface area contributed by atoms with E-state index in [1.165, 1.54) is 24.1 Å². The number of aliphatic hydroxyl groups excluding tert-OH is 1. The predicted octanol–water partition coefficient (Wildman–Crippen LogP) is 3.62. The van der Waals surface area contributed by atoms with Gasteiger partial charge in [-0.3, -0.25) is 0 Å². The molecule has 3 rings (SSSR count). The van der Waals surface area contributed by atoms with Gasteiger partial charge in [-0.15, -0.1) is 0 Å². The van der Waals surface area contributed by atoms with E-state index in [1.807, 2.05) is 0 Å². The molecule has 1 heterocycles. The lowest BCUT2D eigenvalue weighted by molar-refractivity contribution is -0.0626. The molecule has 1 unspecified atom stereocenters. The molecule has 6 nitrogen and oxygen atoms in total. The molecule has 1 aliphatic heterocycles. The fourth-order valence-corrected chi connectivity index (χ4v) is 3.65. The molecule has 1 N–H and O–H groups in total. The Bertz CT molecular complexity index is 870. The zero-order valence-electron chi connectivity index (χ0n) is 16.3. The number of carbonyl (C=O) groups is 2. The first-order valence-electron chi connectivity index (χ1n) is 9.50. The summed E-state index contributed by atoms with van der Waals surface area (Å²) in [6.07, 6.45) is 0.867. The summed E-state index contributed by atoms with van der Waals surface area (Å²) in [6, 6.07) is 12.9. The third-order valence-electron chi connectivity index (χ3n) is 5.22. The molecule has 0 spiro atoms. The Hall–Kier alpha value is -2.93. The molecule has 0 bridgehead atoms. The van der Waals surface area contributed by atoms with Crippen LogP contribution in [0.5, 0.6) is 0 Å². The van der Waals surface area contributed by atoms with Crippen molar-refractivity contribution in [3.63, 3.8) is 0 Å². The van der Waals surface area contributed by atoms with E-state index in [9.17, 15) is 19.1 Å². The lowest BCUT2D eigenvalue weighted by atomic mass is 9.84. The first-order valence-corrected chi connectivity index (χ1v) is 9.50. The van der Waals surface area contributed by atoms with Crippen LogP contribution in [0.25, 0.3) is 0 Å². The molecular formula is C22H24FNO5. The number of halogens is 1. The van der Waals surface area contributed by atoms with E-state index >= 15 is 0 Å². The highest BCUT2D eigenvalue weighted by Gasteiger charge is 2.42. The van der Waals surface area contributed by atoms with Crippen LogP contribution in [0.15, 0.2) is 48.5 Å². The summed E-state index contributed by atoms with van der Waals surface area (Å²) in [4.78, 5) is 26.3. The van der Waals surface area contributed by atoms with E-state index in [0.717, 1.165) is 0 Å². The van der Waals surface area contributed by atoms with Crippen LogP contribution in [-0.4, -0.2) is 42.3 Å². The second kappa shape index (κ2) is 9.05. The van der Waals surface area contributed by atoms with Gasteiger partial charge in [-0.25, -0.2) is 14.0 Å². The van der Waals surface area contributed by atoms with Gasteiger partial charge in [-0.2, -0.15) is 0 Å². The van der Waals surface area contributed by atoms with Crippen LogP contribution in [0, 0.1) is 5.82 Å². The Kier molecular flexibility index (Phi) is 6.49. The van der Waals surface area contributed by atoms with Crippen molar-refractivity contribution in [2.45, 2.75) is 31.4 Å². The molecule has 0 aliphatic carbocycles. The summed E-state index contributed by atoms with van der Waals surface area (Å²) in [6.45, 7) is 0.581. The van der Waals surface area contributed by atoms with Gasteiger partial charge in [0.1, 0.15) is 11.4 Å². The zero-order chi connectivity index (χ0) is 20.9. The van der Waals surface area contributed by atoms with Crippen molar-refractivity contribution in [2.24, 2.45) is 0 Å². The topological polar surface area (TPSA) is 76.1 Å². The van der Waals surface area contributed by atoms with Crippen LogP contribution in [0.2, 0.25) is 0 Å². The number of nitrogens with zero attached hydrogens (tertiary/aromatic N) is 1. The van der Waals surface area contributed by atoms with E-state index < -0.39 is 17.7 Å². The smallest absolute Gasteiger partial charge is 0.410 e. The second-order valence-electron chi connectivity index (χ2n) is 7.02. The van der Waals surface area contributed by atoms with Crippen molar-refractivity contribution in [3.8, 4) is 0 Å². The summed E-state index contributed by atoms with van der Waals surface area (Å²) in [5, 5.41) is 9.27. The van der Waals surface area contributed by atoms with Crippen LogP contribution < -0.4 is 0 Å². The number of cyclic esters (lactones) is 1. The molecule has 1 aliphatic rings. The number of ether oxygens (including phenoxy) is 2. The number of aliphatic hydroxyl groups is 1. The first kappa shape index (κ1) is 20.8. The van der Waals surface area contributed by atoms with Gasteiger partial charge in [0.2, 0.25) is 0 Å². The van der Waals surface area contributed by atoms with E-state index in [1.54, 1.807) is 36.4 Å². The number of hydrogen-bond donors (Lipinski definition) is 1. The molecule has 2 aromatic carbocycles. The molecule has 1 amide bonds. The Morgan fingerprint density at radius 1 is 1.24 bits per heavy atom. The Morgan fingerprint density at radius 3 is 2.62 bits per heavy atom. The lowest BCUT2D eigenvalue weighted by Gasteiger charge is -2.41. The van der Waals surface area contributed by atoms with Crippen molar-refractivity contribution < 1.29 is 28.6 Å². The third-order valence-corrected chi connectivity index (χ3v) is 5.22. The number of amides is 1. The molecule has 1 saturated heterocycles. The molecule has 0 saturated carbocycles. The quantitative estimate of drug-likeness (QED) is 0.717. The molecule has 1 atom stereocenters. The van der Waals surface area contributed by atoms with Gasteiger partial charge in [0.25, 0.3) is 0 Å². The van der Waals surface area contributed by atoms with Gasteiger partial charge in [-0.05, 0) is 42.2 Å². The average Bonchev–Trinajstić information content (AvgIpc) is 2.74. The van der Waals surface area contributed by atoms with Crippen LogP contribution in [0.4, 0.5) is 9.18 Å². The average molecular weight is 401 g/mol. The molecule has 1 fully saturated rings. The van der Waals surface area contributed by atoms with Crippen molar-refractivity contribution in [2.75, 3.05) is 20.3 Å². The minimum Gasteiger partial charge on any atom is -0.465 e. The minimum absolute atomic E-state index is 0.0310. The minimum atomic E-state index is -0.911. The fourth-order valence-electron chi connectivity index (χ4n) is 3.65. The van der Waals surface area contributed by atoms with Crippen LogP contribution in [0.1, 0.15) is 40.7 Å². The molecule has 0 aromatic heterocycles. The zero-order valence-corrected chi connectivity index (χ0v) is 16.3. The maximum atomic E-state index is 13.4. The van der Waals surface area contributed by atoms with Crippen LogP contribution in [-0.2, 0) is 21.6 Å². The van der Waals surface area contributed by atoms with E-state index in [2.05, 4.69) is 0 Å². The van der Waals surface area contributed by atoms with Crippen molar-refractivity contribution >= 4 is 12.1 Å². The summed E-state index contributed by atoms with van der Waals surface area (Å²) >= 11 is 0. The highest BCUT2D eigenvalue weighted by atomic mass is 19.1. The van der Waals surface area contributed by atoms with Gasteiger partial charge < -0.3 is 19.5 Å². The maximum Gasteiger partial charge on any atom is 0.410 e. The highest BCUT2D eigenvalue weighted by Crippen LogP contribution is 2.38. The van der Waals surface area contributed by atoms with Gasteiger partial charge in [0, 0.05) is 26.1 Å². The number of esters is 1. The monoisotopic (exact) mass is 401 g/mol. The number of carbonyl (C=O) groups excluding carboxylic acids is 2. The fraction of sp³-hybridized carbons (Fsp3) is 0.364. The molecule has 0 radical (unpaired) electrons. The second-order valence-corrected chi connectivity index (χ2v) is 7.02. The summed E-state index contributed by atoms with van der Waals surface area (Å²) in [5.41, 5.74) is 0.862. The molecular weight excluding hydrogens is 377 g/mol. The van der Waals surface area contributed by atoms with Crippen LogP contribution in [0.3, 0.4) is 0 Å². The maximum absolute atomic E-state index is 13.4. The normalized spacial score (nSPS) is 19.0. The SMILES string of the molecule is COC(=O)c1ccccc1CN1CCC(CCCO)(c2ccc(F)cc2)OC1=O.